The molecular weight excluding hydrogens is 222 g/mol. The minimum absolute atomic E-state index is 0.244. The van der Waals surface area contributed by atoms with Gasteiger partial charge in [0.05, 0.1) is 0 Å². The molecule has 1 atom stereocenters. The van der Waals surface area contributed by atoms with E-state index in [9.17, 15) is 0 Å². The molecule has 1 aliphatic heterocycles. The number of aliphatic hydroxyl groups is 1. The number of hydrogen-bond donors (Lipinski definition) is 1. The predicted molar refractivity (Wildman–Crippen MR) is 75.4 cm³/mol. The molecule has 0 radical (unpaired) electrons. The summed E-state index contributed by atoms with van der Waals surface area (Å²) in [6.45, 7) is 7.19. The average Bonchev–Trinajstić information content (AvgIpc) is 2.34. The molecule has 2 rings (SSSR count). The van der Waals surface area contributed by atoms with Gasteiger partial charge in [-0.1, -0.05) is 30.3 Å². The standard InChI is InChI=1S/C16H25NO/c1-16(2)12-14(9-11-18)8-10-17(16)13-15-6-4-3-5-7-15/h3-7,14,18H,8-13H2,1-2H3/t14-/m0/s1. The van der Waals surface area contributed by atoms with Gasteiger partial charge in [0, 0.05) is 18.7 Å². The van der Waals surface area contributed by atoms with E-state index in [-0.39, 0.29) is 5.54 Å². The highest BCUT2D eigenvalue weighted by Crippen LogP contribution is 2.34. The molecule has 0 spiro atoms. The maximum absolute atomic E-state index is 9.08. The van der Waals surface area contributed by atoms with Crippen molar-refractivity contribution in [1.82, 2.24) is 4.90 Å². The minimum atomic E-state index is 0.244. The summed E-state index contributed by atoms with van der Waals surface area (Å²) >= 11 is 0. The molecule has 0 amide bonds. The largest absolute Gasteiger partial charge is 0.396 e. The Hall–Kier alpha value is -0.860. The second-order valence-electron chi connectivity index (χ2n) is 6.09. The molecule has 1 fully saturated rings. The molecule has 1 aliphatic rings. The first-order valence-electron chi connectivity index (χ1n) is 7.01. The highest BCUT2D eigenvalue weighted by Gasteiger charge is 2.34. The number of aliphatic hydroxyl groups excluding tert-OH is 1. The third kappa shape index (κ3) is 3.33. The van der Waals surface area contributed by atoms with Crippen LogP contribution >= 0.6 is 0 Å². The molecular formula is C16H25NO. The van der Waals surface area contributed by atoms with E-state index in [0.717, 1.165) is 19.5 Å². The Kier molecular flexibility index (Phi) is 4.41. The van der Waals surface area contributed by atoms with Gasteiger partial charge in [-0.25, -0.2) is 0 Å². The summed E-state index contributed by atoms with van der Waals surface area (Å²) in [6, 6.07) is 10.7. The van der Waals surface area contributed by atoms with Crippen molar-refractivity contribution in [3.05, 3.63) is 35.9 Å². The van der Waals surface area contributed by atoms with Gasteiger partial charge in [-0.3, -0.25) is 4.90 Å². The van der Waals surface area contributed by atoms with Crippen molar-refractivity contribution >= 4 is 0 Å². The van der Waals surface area contributed by atoms with E-state index in [1.54, 1.807) is 0 Å². The molecule has 18 heavy (non-hydrogen) atoms. The van der Waals surface area contributed by atoms with Crippen LogP contribution < -0.4 is 0 Å². The summed E-state index contributed by atoms with van der Waals surface area (Å²) in [5, 5.41) is 9.08. The lowest BCUT2D eigenvalue weighted by Gasteiger charge is -2.46. The molecule has 0 saturated carbocycles. The molecule has 0 aliphatic carbocycles. The van der Waals surface area contributed by atoms with Crippen LogP contribution in [0.25, 0.3) is 0 Å². The fourth-order valence-corrected chi connectivity index (χ4v) is 3.10. The summed E-state index contributed by atoms with van der Waals surface area (Å²) in [7, 11) is 0. The zero-order chi connectivity index (χ0) is 13.0. The predicted octanol–water partition coefficient (Wildman–Crippen LogP) is 3.06. The second-order valence-corrected chi connectivity index (χ2v) is 6.09. The fourth-order valence-electron chi connectivity index (χ4n) is 3.10. The van der Waals surface area contributed by atoms with Gasteiger partial charge in [0.2, 0.25) is 0 Å². The maximum Gasteiger partial charge on any atom is 0.0433 e. The Bertz CT molecular complexity index is 361. The van der Waals surface area contributed by atoms with Crippen LogP contribution in [0.3, 0.4) is 0 Å². The van der Waals surface area contributed by atoms with E-state index in [2.05, 4.69) is 49.1 Å². The van der Waals surface area contributed by atoms with Crippen molar-refractivity contribution in [2.75, 3.05) is 13.2 Å². The van der Waals surface area contributed by atoms with Gasteiger partial charge in [-0.15, -0.1) is 0 Å². The van der Waals surface area contributed by atoms with Crippen LogP contribution in [0, 0.1) is 5.92 Å². The van der Waals surface area contributed by atoms with Crippen LogP contribution in [0.1, 0.15) is 38.7 Å². The van der Waals surface area contributed by atoms with Crippen LogP contribution in [0.2, 0.25) is 0 Å². The Morgan fingerprint density at radius 1 is 1.28 bits per heavy atom. The SMILES string of the molecule is CC1(C)C[C@H](CCO)CCN1Cc1ccccc1. The Labute approximate surface area is 111 Å². The van der Waals surface area contributed by atoms with E-state index in [0.29, 0.717) is 12.5 Å². The topological polar surface area (TPSA) is 23.5 Å². The molecule has 0 bridgehead atoms. The van der Waals surface area contributed by atoms with Gasteiger partial charge >= 0.3 is 0 Å². The summed E-state index contributed by atoms with van der Waals surface area (Å²) in [6.07, 6.45) is 3.37. The van der Waals surface area contributed by atoms with Crippen molar-refractivity contribution in [3.63, 3.8) is 0 Å². The molecule has 1 aromatic rings. The van der Waals surface area contributed by atoms with E-state index >= 15 is 0 Å². The Balaban J connectivity index is 1.98. The molecule has 1 heterocycles. The quantitative estimate of drug-likeness (QED) is 0.884. The highest BCUT2D eigenvalue weighted by atomic mass is 16.3. The van der Waals surface area contributed by atoms with E-state index in [1.165, 1.54) is 18.4 Å². The average molecular weight is 247 g/mol. The zero-order valence-corrected chi connectivity index (χ0v) is 11.6. The van der Waals surface area contributed by atoms with Gasteiger partial charge in [0.25, 0.3) is 0 Å². The molecule has 1 saturated heterocycles. The number of rotatable bonds is 4. The number of piperidine rings is 1. The Morgan fingerprint density at radius 2 is 2.00 bits per heavy atom. The van der Waals surface area contributed by atoms with Crippen molar-refractivity contribution in [2.24, 2.45) is 5.92 Å². The molecule has 1 N–H and O–H groups in total. The first kappa shape index (κ1) is 13.6. The molecule has 0 unspecified atom stereocenters. The minimum Gasteiger partial charge on any atom is -0.396 e. The summed E-state index contributed by atoms with van der Waals surface area (Å²) in [4.78, 5) is 2.58. The van der Waals surface area contributed by atoms with Crippen molar-refractivity contribution in [2.45, 2.75) is 45.2 Å². The van der Waals surface area contributed by atoms with Gasteiger partial charge in [-0.05, 0) is 51.1 Å². The highest BCUT2D eigenvalue weighted by molar-refractivity contribution is 5.15. The number of nitrogens with zero attached hydrogens (tertiary/aromatic N) is 1. The van der Waals surface area contributed by atoms with Gasteiger partial charge in [0.15, 0.2) is 0 Å². The lowest BCUT2D eigenvalue weighted by atomic mass is 9.81. The van der Waals surface area contributed by atoms with Gasteiger partial charge in [0.1, 0.15) is 0 Å². The van der Waals surface area contributed by atoms with E-state index < -0.39 is 0 Å². The monoisotopic (exact) mass is 247 g/mol. The first-order valence-corrected chi connectivity index (χ1v) is 7.01. The van der Waals surface area contributed by atoms with Crippen LogP contribution in [0.15, 0.2) is 30.3 Å². The van der Waals surface area contributed by atoms with Gasteiger partial charge < -0.3 is 5.11 Å². The van der Waals surface area contributed by atoms with Crippen LogP contribution in [-0.2, 0) is 6.54 Å². The van der Waals surface area contributed by atoms with Crippen LogP contribution in [0.5, 0.6) is 0 Å². The van der Waals surface area contributed by atoms with Crippen molar-refractivity contribution < 1.29 is 5.11 Å². The summed E-state index contributed by atoms with van der Waals surface area (Å²) in [5.74, 6) is 0.692. The molecule has 2 heteroatoms. The second kappa shape index (κ2) is 5.85. The third-order valence-electron chi connectivity index (χ3n) is 4.21. The van der Waals surface area contributed by atoms with E-state index in [1.807, 2.05) is 0 Å². The summed E-state index contributed by atoms with van der Waals surface area (Å²) < 4.78 is 0. The van der Waals surface area contributed by atoms with Gasteiger partial charge in [-0.2, -0.15) is 0 Å². The Morgan fingerprint density at radius 3 is 2.61 bits per heavy atom. The molecule has 2 nitrogen and oxygen atoms in total. The molecule has 0 aromatic heterocycles. The number of hydrogen-bond acceptors (Lipinski definition) is 2. The summed E-state index contributed by atoms with van der Waals surface area (Å²) in [5.41, 5.74) is 1.64. The fraction of sp³-hybridized carbons (Fsp3) is 0.625. The smallest absolute Gasteiger partial charge is 0.0433 e. The molecule has 1 aromatic carbocycles. The van der Waals surface area contributed by atoms with E-state index in [4.69, 9.17) is 5.11 Å². The lowest BCUT2D eigenvalue weighted by Crippen LogP contribution is -2.49. The maximum atomic E-state index is 9.08. The third-order valence-corrected chi connectivity index (χ3v) is 4.21. The molecule has 100 valence electrons. The lowest BCUT2D eigenvalue weighted by molar-refractivity contribution is 0.0325. The normalized spacial score (nSPS) is 24.1. The zero-order valence-electron chi connectivity index (χ0n) is 11.6. The van der Waals surface area contributed by atoms with Crippen LogP contribution in [0.4, 0.5) is 0 Å². The van der Waals surface area contributed by atoms with Crippen molar-refractivity contribution in [1.29, 1.82) is 0 Å². The van der Waals surface area contributed by atoms with Crippen molar-refractivity contribution in [3.8, 4) is 0 Å². The number of likely N-dealkylation sites (tertiary alicyclic amines) is 1. The number of benzene rings is 1. The first-order chi connectivity index (χ1) is 8.62. The van der Waals surface area contributed by atoms with Crippen LogP contribution in [-0.4, -0.2) is 28.7 Å².